The molecule has 2 aromatic carbocycles. The fourth-order valence-electron chi connectivity index (χ4n) is 2.93. The smallest absolute Gasteiger partial charge is 0.221 e. The third-order valence-electron chi connectivity index (χ3n) is 4.16. The predicted molar refractivity (Wildman–Crippen MR) is 103 cm³/mol. The van der Waals surface area contributed by atoms with Crippen molar-refractivity contribution in [1.82, 2.24) is 14.6 Å². The lowest BCUT2D eigenvalue weighted by atomic mass is 10.1. The Bertz CT molecular complexity index is 1080. The molecule has 0 saturated heterocycles. The van der Waals surface area contributed by atoms with Gasteiger partial charge in [-0.15, -0.1) is 0 Å². The number of carbonyl (C=O) groups is 1. The first-order chi connectivity index (χ1) is 12.6. The molecule has 0 aliphatic heterocycles. The molecule has 0 radical (unpaired) electrons. The van der Waals surface area contributed by atoms with Crippen molar-refractivity contribution in [2.45, 2.75) is 6.92 Å². The van der Waals surface area contributed by atoms with E-state index in [1.54, 1.807) is 16.9 Å². The van der Waals surface area contributed by atoms with Crippen LogP contribution in [0.3, 0.4) is 0 Å². The second kappa shape index (κ2) is 6.33. The molecule has 0 spiro atoms. The maximum Gasteiger partial charge on any atom is 0.221 e. The quantitative estimate of drug-likeness (QED) is 0.595. The van der Waals surface area contributed by atoms with Crippen LogP contribution in [0.1, 0.15) is 6.92 Å². The molecule has 128 valence electrons. The number of carbonyl (C=O) groups excluding carboxylic acids is 1. The van der Waals surface area contributed by atoms with Crippen LogP contribution in [-0.4, -0.2) is 20.5 Å². The van der Waals surface area contributed by atoms with Crippen LogP contribution in [0, 0.1) is 0 Å². The number of aromatic nitrogens is 3. The number of rotatable bonds is 3. The summed E-state index contributed by atoms with van der Waals surface area (Å²) in [6, 6.07) is 17.4. The summed E-state index contributed by atoms with van der Waals surface area (Å²) in [4.78, 5) is 15.7. The maximum absolute atomic E-state index is 11.1. The molecule has 0 unspecified atom stereocenters. The molecule has 6 nitrogen and oxygen atoms in total. The number of hydrogen-bond donors (Lipinski definition) is 2. The van der Waals surface area contributed by atoms with Crippen LogP contribution in [0.15, 0.2) is 67.0 Å². The van der Waals surface area contributed by atoms with Gasteiger partial charge >= 0.3 is 0 Å². The van der Waals surface area contributed by atoms with Gasteiger partial charge in [-0.1, -0.05) is 42.5 Å². The third kappa shape index (κ3) is 2.77. The minimum absolute atomic E-state index is 0.106. The number of nitrogens with one attached hydrogen (secondary N) is 1. The van der Waals surface area contributed by atoms with Gasteiger partial charge < -0.3 is 11.1 Å². The van der Waals surface area contributed by atoms with Gasteiger partial charge in [0.25, 0.3) is 0 Å². The number of hydrogen-bond acceptors (Lipinski definition) is 4. The van der Waals surface area contributed by atoms with Crippen LogP contribution in [0.4, 0.5) is 11.5 Å². The Hall–Kier alpha value is -3.67. The Morgan fingerprint density at radius 1 is 0.962 bits per heavy atom. The molecule has 4 rings (SSSR count). The van der Waals surface area contributed by atoms with E-state index >= 15 is 0 Å². The summed E-state index contributed by atoms with van der Waals surface area (Å²) in [6.07, 6.45) is 3.53. The molecule has 0 fully saturated rings. The molecule has 0 atom stereocenters. The SMILES string of the molecule is CC(=O)Nc1ccc(-c2cnc3c(-c4ccccc4)cnn3c2N)cc1. The van der Waals surface area contributed by atoms with Gasteiger partial charge in [0.15, 0.2) is 5.65 Å². The van der Waals surface area contributed by atoms with Gasteiger partial charge in [0.05, 0.1) is 6.20 Å². The minimum Gasteiger partial charge on any atom is -0.383 e. The number of amides is 1. The standard InChI is InChI=1S/C20H17N5O/c1-13(26)24-16-9-7-15(8-10-16)17-11-22-20-18(12-23-25(20)19(17)21)14-5-3-2-4-6-14/h2-12H,21H2,1H3,(H,24,26). The van der Waals surface area contributed by atoms with E-state index in [0.29, 0.717) is 11.5 Å². The Balaban J connectivity index is 1.76. The molecule has 0 saturated carbocycles. The zero-order valence-corrected chi connectivity index (χ0v) is 14.2. The fraction of sp³-hybridized carbons (Fsp3) is 0.0500. The van der Waals surface area contributed by atoms with Crippen molar-refractivity contribution in [2.24, 2.45) is 0 Å². The number of nitrogen functional groups attached to an aromatic ring is 1. The van der Waals surface area contributed by atoms with Gasteiger partial charge in [-0.25, -0.2) is 4.98 Å². The van der Waals surface area contributed by atoms with Crippen molar-refractivity contribution in [3.05, 3.63) is 67.0 Å². The Morgan fingerprint density at radius 2 is 1.65 bits per heavy atom. The third-order valence-corrected chi connectivity index (χ3v) is 4.16. The van der Waals surface area contributed by atoms with E-state index in [2.05, 4.69) is 15.4 Å². The van der Waals surface area contributed by atoms with Crippen molar-refractivity contribution in [3.8, 4) is 22.3 Å². The highest BCUT2D eigenvalue weighted by Gasteiger charge is 2.13. The van der Waals surface area contributed by atoms with Crippen molar-refractivity contribution < 1.29 is 4.79 Å². The highest BCUT2D eigenvalue weighted by atomic mass is 16.1. The Labute approximate surface area is 150 Å². The molecular formula is C20H17N5O. The van der Waals surface area contributed by atoms with Crippen molar-refractivity contribution in [1.29, 1.82) is 0 Å². The molecule has 6 heteroatoms. The average Bonchev–Trinajstić information content (AvgIpc) is 3.08. The molecule has 0 bridgehead atoms. The highest BCUT2D eigenvalue weighted by molar-refractivity contribution is 5.89. The lowest BCUT2D eigenvalue weighted by Gasteiger charge is -2.09. The second-order valence-electron chi connectivity index (χ2n) is 5.98. The van der Waals surface area contributed by atoms with E-state index in [1.807, 2.05) is 54.6 Å². The van der Waals surface area contributed by atoms with Gasteiger partial charge in [-0.2, -0.15) is 9.61 Å². The van der Waals surface area contributed by atoms with E-state index in [0.717, 1.165) is 27.9 Å². The van der Waals surface area contributed by atoms with Gasteiger partial charge in [0.1, 0.15) is 5.82 Å². The van der Waals surface area contributed by atoms with Gasteiger partial charge in [0.2, 0.25) is 5.91 Å². The van der Waals surface area contributed by atoms with Crippen molar-refractivity contribution in [2.75, 3.05) is 11.1 Å². The number of nitrogens with zero attached hydrogens (tertiary/aromatic N) is 3. The van der Waals surface area contributed by atoms with Gasteiger partial charge in [-0.05, 0) is 23.3 Å². The molecule has 4 aromatic rings. The molecule has 3 N–H and O–H groups in total. The summed E-state index contributed by atoms with van der Waals surface area (Å²) >= 11 is 0. The number of fused-ring (bicyclic) bond motifs is 1. The first-order valence-electron chi connectivity index (χ1n) is 8.19. The summed E-state index contributed by atoms with van der Waals surface area (Å²) in [6.45, 7) is 1.48. The first kappa shape index (κ1) is 15.8. The van der Waals surface area contributed by atoms with E-state index in [1.165, 1.54) is 6.92 Å². The minimum atomic E-state index is -0.106. The van der Waals surface area contributed by atoms with Gasteiger partial charge in [-0.3, -0.25) is 4.79 Å². The fourth-order valence-corrected chi connectivity index (χ4v) is 2.93. The van der Waals surface area contributed by atoms with Crippen LogP contribution in [0.2, 0.25) is 0 Å². The first-order valence-corrected chi connectivity index (χ1v) is 8.19. The zero-order chi connectivity index (χ0) is 18.1. The van der Waals surface area contributed by atoms with E-state index in [9.17, 15) is 4.79 Å². The van der Waals surface area contributed by atoms with E-state index in [-0.39, 0.29) is 5.91 Å². The van der Waals surface area contributed by atoms with E-state index < -0.39 is 0 Å². The summed E-state index contributed by atoms with van der Waals surface area (Å²) in [7, 11) is 0. The molecule has 1 amide bonds. The molecule has 2 aromatic heterocycles. The van der Waals surface area contributed by atoms with Crippen molar-refractivity contribution in [3.63, 3.8) is 0 Å². The zero-order valence-electron chi connectivity index (χ0n) is 14.2. The van der Waals surface area contributed by atoms with Crippen LogP contribution in [0.5, 0.6) is 0 Å². The second-order valence-corrected chi connectivity index (χ2v) is 5.98. The molecule has 0 aliphatic carbocycles. The topological polar surface area (TPSA) is 85.3 Å². The molecular weight excluding hydrogens is 326 g/mol. The number of benzene rings is 2. The monoisotopic (exact) mass is 343 g/mol. The maximum atomic E-state index is 11.1. The highest BCUT2D eigenvalue weighted by Crippen LogP contribution is 2.30. The summed E-state index contributed by atoms with van der Waals surface area (Å²) in [5.74, 6) is 0.412. The van der Waals surface area contributed by atoms with Crippen LogP contribution < -0.4 is 11.1 Å². The van der Waals surface area contributed by atoms with Crippen LogP contribution in [0.25, 0.3) is 27.9 Å². The summed E-state index contributed by atoms with van der Waals surface area (Å²) in [5, 5.41) is 7.16. The summed E-state index contributed by atoms with van der Waals surface area (Å²) < 4.78 is 1.65. The van der Waals surface area contributed by atoms with Crippen LogP contribution >= 0.6 is 0 Å². The normalized spacial score (nSPS) is 10.8. The average molecular weight is 343 g/mol. The van der Waals surface area contributed by atoms with E-state index in [4.69, 9.17) is 5.73 Å². The lowest BCUT2D eigenvalue weighted by Crippen LogP contribution is -2.05. The molecule has 26 heavy (non-hydrogen) atoms. The molecule has 2 heterocycles. The number of anilines is 2. The Morgan fingerprint density at radius 3 is 2.35 bits per heavy atom. The molecule has 0 aliphatic rings. The predicted octanol–water partition coefficient (Wildman–Crippen LogP) is 3.60. The number of nitrogens with two attached hydrogens (primary N) is 1. The van der Waals surface area contributed by atoms with Crippen LogP contribution in [-0.2, 0) is 4.79 Å². The lowest BCUT2D eigenvalue weighted by molar-refractivity contribution is -0.114. The summed E-state index contributed by atoms with van der Waals surface area (Å²) in [5.41, 5.74) is 11.5. The largest absolute Gasteiger partial charge is 0.383 e. The van der Waals surface area contributed by atoms with Crippen molar-refractivity contribution >= 4 is 23.1 Å². The Kier molecular flexibility index (Phi) is 3.85. The van der Waals surface area contributed by atoms with Gasteiger partial charge in [0, 0.05) is 29.9 Å².